The van der Waals surface area contributed by atoms with Gasteiger partial charge >= 0.3 is 0 Å². The fraction of sp³-hybridized carbons (Fsp3) is 0.103. The normalized spacial score (nSPS) is 12.2. The largest absolute Gasteiger partial charge is 0.360 e. The minimum atomic E-state index is -0.214. The number of nitrogens with zero attached hydrogens (tertiary/aromatic N) is 4. The summed E-state index contributed by atoms with van der Waals surface area (Å²) in [4.78, 5) is 27.6. The second-order valence-electron chi connectivity index (χ2n) is 8.73. The predicted octanol–water partition coefficient (Wildman–Crippen LogP) is 6.54. The summed E-state index contributed by atoms with van der Waals surface area (Å²) >= 11 is 1.58. The maximum absolute atomic E-state index is 14.2. The van der Waals surface area contributed by atoms with Crippen molar-refractivity contribution in [1.82, 2.24) is 19.5 Å². The van der Waals surface area contributed by atoms with Gasteiger partial charge in [0, 0.05) is 29.5 Å². The number of hydrogen-bond donors (Lipinski definition) is 1. The molecular weight excluding hydrogens is 466 g/mol. The number of anilines is 1. The number of pyridine rings is 3. The van der Waals surface area contributed by atoms with Gasteiger partial charge < -0.3 is 5.32 Å². The molecular formula is C29H23N5OS. The average Bonchev–Trinajstić information content (AvgIpc) is 3.39. The van der Waals surface area contributed by atoms with Gasteiger partial charge in [0.2, 0.25) is 0 Å². The van der Waals surface area contributed by atoms with Crippen LogP contribution >= 0.6 is 11.3 Å². The van der Waals surface area contributed by atoms with Gasteiger partial charge in [0.05, 0.1) is 21.6 Å². The number of thiazole rings is 1. The zero-order valence-electron chi connectivity index (χ0n) is 19.8. The van der Waals surface area contributed by atoms with Gasteiger partial charge in [-0.2, -0.15) is 0 Å². The van der Waals surface area contributed by atoms with Crippen molar-refractivity contribution in [3.05, 3.63) is 112 Å². The molecule has 0 aliphatic carbocycles. The van der Waals surface area contributed by atoms with Crippen molar-refractivity contribution in [2.75, 3.05) is 5.32 Å². The molecule has 1 atom stereocenters. The highest BCUT2D eigenvalue weighted by molar-refractivity contribution is 7.16. The Morgan fingerprint density at radius 3 is 2.58 bits per heavy atom. The summed E-state index contributed by atoms with van der Waals surface area (Å²) in [5.41, 5.74) is 7.03. The zero-order valence-corrected chi connectivity index (χ0v) is 20.7. The van der Waals surface area contributed by atoms with Crippen molar-refractivity contribution in [2.45, 2.75) is 19.9 Å². The Balaban J connectivity index is 1.58. The SMILES string of the molecule is Cc1cc(-c2cccc3cc([C@H](C)Nc4nccc5scnc45)n(-c4ccccc4)c(=O)c23)ccn1. The second-order valence-corrected chi connectivity index (χ2v) is 9.61. The first-order valence-corrected chi connectivity index (χ1v) is 12.6. The number of hydrogen-bond acceptors (Lipinski definition) is 6. The van der Waals surface area contributed by atoms with E-state index in [0.717, 1.165) is 43.8 Å². The van der Waals surface area contributed by atoms with Gasteiger partial charge in [0.1, 0.15) is 5.52 Å². The highest BCUT2D eigenvalue weighted by Gasteiger charge is 2.20. The molecule has 0 amide bonds. The second kappa shape index (κ2) is 9.02. The Morgan fingerprint density at radius 1 is 0.917 bits per heavy atom. The van der Waals surface area contributed by atoms with Crippen LogP contribution < -0.4 is 10.9 Å². The number of aromatic nitrogens is 4. The van der Waals surface area contributed by atoms with Crippen LogP contribution in [0.4, 0.5) is 5.82 Å². The molecule has 7 heteroatoms. The van der Waals surface area contributed by atoms with Gasteiger partial charge in [-0.05, 0) is 66.8 Å². The third kappa shape index (κ3) is 3.83. The molecule has 0 aliphatic rings. The molecule has 0 saturated carbocycles. The van der Waals surface area contributed by atoms with E-state index in [1.54, 1.807) is 28.3 Å². The Bertz CT molecular complexity index is 1770. The van der Waals surface area contributed by atoms with E-state index in [2.05, 4.69) is 26.3 Å². The Hall–Kier alpha value is -4.36. The van der Waals surface area contributed by atoms with E-state index in [-0.39, 0.29) is 11.6 Å². The number of para-hydroxylation sites is 1. The molecule has 176 valence electrons. The van der Waals surface area contributed by atoms with Gasteiger partial charge in [0.15, 0.2) is 5.82 Å². The van der Waals surface area contributed by atoms with Crippen LogP contribution in [-0.2, 0) is 0 Å². The molecule has 6 rings (SSSR count). The molecule has 36 heavy (non-hydrogen) atoms. The smallest absolute Gasteiger partial charge is 0.263 e. The van der Waals surface area contributed by atoms with Crippen LogP contribution in [0.3, 0.4) is 0 Å². The highest BCUT2D eigenvalue weighted by atomic mass is 32.1. The van der Waals surface area contributed by atoms with Crippen LogP contribution in [-0.4, -0.2) is 19.5 Å². The molecule has 0 bridgehead atoms. The molecule has 6 nitrogen and oxygen atoms in total. The van der Waals surface area contributed by atoms with Gasteiger partial charge in [-0.15, -0.1) is 11.3 Å². The molecule has 0 unspecified atom stereocenters. The zero-order chi connectivity index (χ0) is 24.6. The topological polar surface area (TPSA) is 72.7 Å². The lowest BCUT2D eigenvalue weighted by Gasteiger charge is -2.22. The number of nitrogens with one attached hydrogen (secondary N) is 1. The van der Waals surface area contributed by atoms with Crippen molar-refractivity contribution in [3.8, 4) is 16.8 Å². The van der Waals surface area contributed by atoms with Crippen LogP contribution in [0.1, 0.15) is 24.4 Å². The van der Waals surface area contributed by atoms with Gasteiger partial charge in [-0.1, -0.05) is 36.4 Å². The molecule has 4 aromatic heterocycles. The van der Waals surface area contributed by atoms with Gasteiger partial charge in [-0.25, -0.2) is 9.97 Å². The first-order chi connectivity index (χ1) is 17.6. The van der Waals surface area contributed by atoms with E-state index in [1.165, 1.54) is 0 Å². The van der Waals surface area contributed by atoms with Crippen LogP contribution in [0.5, 0.6) is 0 Å². The summed E-state index contributed by atoms with van der Waals surface area (Å²) in [7, 11) is 0. The van der Waals surface area contributed by atoms with E-state index < -0.39 is 0 Å². The standard InChI is InChI=1S/C29H23N5OS/c1-18-15-20(11-13-30-18)23-10-6-7-21-16-24(34(29(35)26(21)23)22-8-4-3-5-9-22)19(2)33-28-27-25(12-14-31-28)36-17-32-27/h3-17,19H,1-2H3,(H,31,33)/t19-/m0/s1. The third-order valence-electron chi connectivity index (χ3n) is 6.34. The number of fused-ring (bicyclic) bond motifs is 2. The maximum atomic E-state index is 14.2. The lowest BCUT2D eigenvalue weighted by molar-refractivity contribution is 0.774. The molecule has 0 spiro atoms. The molecule has 2 aromatic carbocycles. The predicted molar refractivity (Wildman–Crippen MR) is 147 cm³/mol. The van der Waals surface area contributed by atoms with Gasteiger partial charge in [0.25, 0.3) is 5.56 Å². The summed E-state index contributed by atoms with van der Waals surface area (Å²) in [6, 6.07) is 23.6. The van der Waals surface area contributed by atoms with E-state index >= 15 is 0 Å². The Kier molecular flexibility index (Phi) is 5.54. The molecule has 6 aromatic rings. The van der Waals surface area contributed by atoms with E-state index in [0.29, 0.717) is 11.2 Å². The molecule has 0 radical (unpaired) electrons. The molecule has 0 saturated heterocycles. The van der Waals surface area contributed by atoms with Crippen LogP contribution in [0.2, 0.25) is 0 Å². The fourth-order valence-electron chi connectivity index (χ4n) is 4.67. The summed E-state index contributed by atoms with van der Waals surface area (Å²) in [6.07, 6.45) is 3.56. The average molecular weight is 490 g/mol. The first kappa shape index (κ1) is 22.1. The van der Waals surface area contributed by atoms with Crippen LogP contribution in [0.25, 0.3) is 37.8 Å². The van der Waals surface area contributed by atoms with E-state index in [4.69, 9.17) is 0 Å². The van der Waals surface area contributed by atoms with Crippen molar-refractivity contribution in [3.63, 3.8) is 0 Å². The number of rotatable bonds is 5. The summed E-state index contributed by atoms with van der Waals surface area (Å²) in [5, 5.41) is 5.08. The fourth-order valence-corrected chi connectivity index (χ4v) is 5.35. The van der Waals surface area contributed by atoms with Crippen molar-refractivity contribution >= 4 is 38.1 Å². The van der Waals surface area contributed by atoms with Crippen LogP contribution in [0, 0.1) is 6.92 Å². The first-order valence-electron chi connectivity index (χ1n) is 11.7. The minimum absolute atomic E-state index is 0.0627. The van der Waals surface area contributed by atoms with Crippen molar-refractivity contribution < 1.29 is 0 Å². The molecule has 4 heterocycles. The highest BCUT2D eigenvalue weighted by Crippen LogP contribution is 2.31. The lowest BCUT2D eigenvalue weighted by atomic mass is 9.98. The summed E-state index contributed by atoms with van der Waals surface area (Å²) in [6.45, 7) is 4.00. The Morgan fingerprint density at radius 2 is 1.75 bits per heavy atom. The summed E-state index contributed by atoms with van der Waals surface area (Å²) < 4.78 is 2.87. The van der Waals surface area contributed by atoms with Gasteiger partial charge in [-0.3, -0.25) is 14.3 Å². The maximum Gasteiger partial charge on any atom is 0.263 e. The van der Waals surface area contributed by atoms with Crippen LogP contribution in [0.15, 0.2) is 95.5 Å². The lowest BCUT2D eigenvalue weighted by Crippen LogP contribution is -2.26. The Labute approximate surface area is 212 Å². The molecule has 1 N–H and O–H groups in total. The summed E-state index contributed by atoms with van der Waals surface area (Å²) in [5.74, 6) is 0.703. The number of benzene rings is 2. The quantitative estimate of drug-likeness (QED) is 0.298. The molecule has 0 fully saturated rings. The molecule has 0 aliphatic heterocycles. The van der Waals surface area contributed by atoms with E-state index in [1.807, 2.05) is 86.1 Å². The minimum Gasteiger partial charge on any atom is -0.360 e. The van der Waals surface area contributed by atoms with Crippen molar-refractivity contribution in [2.24, 2.45) is 0 Å². The third-order valence-corrected chi connectivity index (χ3v) is 7.14. The van der Waals surface area contributed by atoms with Crippen molar-refractivity contribution in [1.29, 1.82) is 0 Å². The number of aryl methyl sites for hydroxylation is 1. The van der Waals surface area contributed by atoms with E-state index in [9.17, 15) is 4.79 Å². The monoisotopic (exact) mass is 489 g/mol.